The summed E-state index contributed by atoms with van der Waals surface area (Å²) in [5.74, 6) is 2.08. The van der Waals surface area contributed by atoms with Gasteiger partial charge < -0.3 is 10.1 Å². The fraction of sp³-hybridized carbons (Fsp3) is 1.00. The summed E-state index contributed by atoms with van der Waals surface area (Å²) in [6.45, 7) is 4.22. The second kappa shape index (κ2) is 3.99. The molecule has 2 aliphatic rings. The number of hydrogen-bond donors (Lipinski definition) is 1. The molecule has 0 amide bonds. The van der Waals surface area contributed by atoms with Gasteiger partial charge in [0.15, 0.2) is 0 Å². The summed E-state index contributed by atoms with van der Waals surface area (Å²) < 4.78 is 5.39. The Morgan fingerprint density at radius 1 is 1.42 bits per heavy atom. The number of nitrogens with one attached hydrogen (secondary N) is 1. The molecule has 2 rings (SSSR count). The van der Waals surface area contributed by atoms with Crippen LogP contribution < -0.4 is 5.32 Å². The highest BCUT2D eigenvalue weighted by Crippen LogP contribution is 2.28. The van der Waals surface area contributed by atoms with Gasteiger partial charge in [-0.25, -0.2) is 0 Å². The summed E-state index contributed by atoms with van der Waals surface area (Å²) in [6, 6.07) is 0.705. The third-order valence-electron chi connectivity index (χ3n) is 2.69. The molecule has 70 valence electrons. The summed E-state index contributed by atoms with van der Waals surface area (Å²) in [4.78, 5) is 0. The van der Waals surface area contributed by atoms with E-state index in [2.05, 4.69) is 24.0 Å². The van der Waals surface area contributed by atoms with E-state index >= 15 is 0 Å². The minimum Gasteiger partial charge on any atom is -0.381 e. The molecule has 0 aromatic rings. The van der Waals surface area contributed by atoms with Crippen LogP contribution >= 0.6 is 11.8 Å². The molecule has 0 aliphatic carbocycles. The van der Waals surface area contributed by atoms with Gasteiger partial charge in [-0.1, -0.05) is 0 Å². The average Bonchev–Trinajstić information content (AvgIpc) is 2.56. The van der Waals surface area contributed by atoms with Crippen LogP contribution in [0.3, 0.4) is 0 Å². The maximum absolute atomic E-state index is 5.39. The van der Waals surface area contributed by atoms with E-state index in [-0.39, 0.29) is 0 Å². The molecule has 0 aromatic carbocycles. The molecule has 1 N–H and O–H groups in total. The Hall–Kier alpha value is 0.270. The highest BCUT2D eigenvalue weighted by Gasteiger charge is 2.29. The van der Waals surface area contributed by atoms with Gasteiger partial charge in [-0.15, -0.1) is 11.8 Å². The Labute approximate surface area is 78.4 Å². The molecule has 2 heterocycles. The van der Waals surface area contributed by atoms with Gasteiger partial charge in [-0.05, 0) is 25.5 Å². The van der Waals surface area contributed by atoms with E-state index in [1.807, 2.05) is 0 Å². The van der Waals surface area contributed by atoms with Crippen molar-refractivity contribution in [3.8, 4) is 0 Å². The predicted octanol–water partition coefficient (Wildman–Crippen LogP) is 1.46. The molecule has 3 atom stereocenters. The summed E-state index contributed by atoms with van der Waals surface area (Å²) >= 11 is 2.07. The van der Waals surface area contributed by atoms with Crippen molar-refractivity contribution in [3.05, 3.63) is 0 Å². The second-order valence-electron chi connectivity index (χ2n) is 3.77. The van der Waals surface area contributed by atoms with Crippen LogP contribution in [0.1, 0.15) is 19.8 Å². The fourth-order valence-electron chi connectivity index (χ4n) is 1.85. The topological polar surface area (TPSA) is 21.3 Å². The molecular weight excluding hydrogens is 170 g/mol. The SMILES string of the molecule is CC1CCSC(C2CCOC2)N1. The summed E-state index contributed by atoms with van der Waals surface area (Å²) in [5, 5.41) is 4.30. The first-order chi connectivity index (χ1) is 5.86. The Kier molecular flexibility index (Phi) is 2.94. The van der Waals surface area contributed by atoms with Crippen molar-refractivity contribution < 1.29 is 4.74 Å². The van der Waals surface area contributed by atoms with E-state index in [0.717, 1.165) is 19.1 Å². The molecule has 0 bridgehead atoms. The average molecular weight is 187 g/mol. The Morgan fingerprint density at radius 3 is 3.00 bits per heavy atom. The lowest BCUT2D eigenvalue weighted by atomic mass is 10.1. The zero-order valence-corrected chi connectivity index (χ0v) is 8.40. The molecule has 0 radical (unpaired) electrons. The van der Waals surface area contributed by atoms with Crippen LogP contribution in [0, 0.1) is 5.92 Å². The van der Waals surface area contributed by atoms with Crippen LogP contribution in [-0.4, -0.2) is 30.4 Å². The van der Waals surface area contributed by atoms with E-state index in [1.54, 1.807) is 0 Å². The fourth-order valence-corrected chi connectivity index (χ4v) is 3.41. The lowest BCUT2D eigenvalue weighted by molar-refractivity contribution is 0.182. The molecule has 2 saturated heterocycles. The van der Waals surface area contributed by atoms with Crippen molar-refractivity contribution in [2.75, 3.05) is 19.0 Å². The summed E-state index contributed by atoms with van der Waals surface area (Å²) in [7, 11) is 0. The van der Waals surface area contributed by atoms with Crippen molar-refractivity contribution in [3.63, 3.8) is 0 Å². The van der Waals surface area contributed by atoms with Crippen molar-refractivity contribution in [1.82, 2.24) is 5.32 Å². The maximum atomic E-state index is 5.39. The van der Waals surface area contributed by atoms with Crippen LogP contribution in [0.2, 0.25) is 0 Å². The molecule has 3 unspecified atom stereocenters. The van der Waals surface area contributed by atoms with Crippen molar-refractivity contribution in [2.45, 2.75) is 31.2 Å². The first-order valence-electron chi connectivity index (χ1n) is 4.81. The van der Waals surface area contributed by atoms with Crippen LogP contribution in [0.4, 0.5) is 0 Å². The molecule has 0 saturated carbocycles. The molecule has 2 aliphatic heterocycles. The normalized spacial score (nSPS) is 43.2. The first-order valence-corrected chi connectivity index (χ1v) is 5.86. The Balaban J connectivity index is 1.85. The summed E-state index contributed by atoms with van der Waals surface area (Å²) in [5.41, 5.74) is 0. The van der Waals surface area contributed by atoms with Crippen LogP contribution in [-0.2, 0) is 4.74 Å². The van der Waals surface area contributed by atoms with Crippen molar-refractivity contribution in [2.24, 2.45) is 5.92 Å². The minimum atomic E-state index is 0.663. The van der Waals surface area contributed by atoms with Crippen LogP contribution in [0.15, 0.2) is 0 Å². The third-order valence-corrected chi connectivity index (χ3v) is 4.04. The zero-order chi connectivity index (χ0) is 8.39. The van der Waals surface area contributed by atoms with Crippen LogP contribution in [0.25, 0.3) is 0 Å². The van der Waals surface area contributed by atoms with Gasteiger partial charge in [0.05, 0.1) is 12.0 Å². The Bertz CT molecular complexity index is 147. The number of rotatable bonds is 1. The van der Waals surface area contributed by atoms with Crippen LogP contribution in [0.5, 0.6) is 0 Å². The molecular formula is C9H17NOS. The number of hydrogen-bond acceptors (Lipinski definition) is 3. The number of thioether (sulfide) groups is 1. The quantitative estimate of drug-likeness (QED) is 0.671. The molecule has 0 aromatic heterocycles. The molecule has 3 heteroatoms. The Morgan fingerprint density at radius 2 is 2.33 bits per heavy atom. The van der Waals surface area contributed by atoms with Gasteiger partial charge in [0, 0.05) is 18.6 Å². The maximum Gasteiger partial charge on any atom is 0.0585 e. The minimum absolute atomic E-state index is 0.663. The second-order valence-corrected chi connectivity index (χ2v) is 5.02. The number of ether oxygens (including phenoxy) is 1. The van der Waals surface area contributed by atoms with Gasteiger partial charge in [-0.2, -0.15) is 0 Å². The van der Waals surface area contributed by atoms with E-state index < -0.39 is 0 Å². The first kappa shape index (κ1) is 8.85. The van der Waals surface area contributed by atoms with Gasteiger partial charge in [0.25, 0.3) is 0 Å². The van der Waals surface area contributed by atoms with Crippen molar-refractivity contribution >= 4 is 11.8 Å². The highest BCUT2D eigenvalue weighted by molar-refractivity contribution is 7.99. The van der Waals surface area contributed by atoms with Gasteiger partial charge in [-0.3, -0.25) is 0 Å². The predicted molar refractivity (Wildman–Crippen MR) is 52.4 cm³/mol. The molecule has 0 spiro atoms. The van der Waals surface area contributed by atoms with E-state index in [0.29, 0.717) is 11.4 Å². The monoisotopic (exact) mass is 187 g/mol. The lowest BCUT2D eigenvalue weighted by Crippen LogP contribution is -2.43. The van der Waals surface area contributed by atoms with E-state index in [4.69, 9.17) is 4.74 Å². The summed E-state index contributed by atoms with van der Waals surface area (Å²) in [6.07, 6.45) is 2.56. The van der Waals surface area contributed by atoms with Crippen molar-refractivity contribution in [1.29, 1.82) is 0 Å². The molecule has 12 heavy (non-hydrogen) atoms. The largest absolute Gasteiger partial charge is 0.381 e. The van der Waals surface area contributed by atoms with E-state index in [1.165, 1.54) is 18.6 Å². The molecule has 2 fully saturated rings. The standard InChI is InChI=1S/C9H17NOS/c1-7-3-5-12-9(10-7)8-2-4-11-6-8/h7-10H,2-6H2,1H3. The van der Waals surface area contributed by atoms with Gasteiger partial charge in [0.2, 0.25) is 0 Å². The zero-order valence-electron chi connectivity index (χ0n) is 7.58. The third kappa shape index (κ3) is 1.95. The van der Waals surface area contributed by atoms with Gasteiger partial charge in [0.1, 0.15) is 0 Å². The highest BCUT2D eigenvalue weighted by atomic mass is 32.2. The molecule has 2 nitrogen and oxygen atoms in total. The van der Waals surface area contributed by atoms with Gasteiger partial charge >= 0.3 is 0 Å². The lowest BCUT2D eigenvalue weighted by Gasteiger charge is -2.31. The van der Waals surface area contributed by atoms with E-state index in [9.17, 15) is 0 Å². The smallest absolute Gasteiger partial charge is 0.0585 e.